The van der Waals surface area contributed by atoms with Crippen molar-refractivity contribution in [2.75, 3.05) is 35.3 Å². The fourth-order valence-electron chi connectivity index (χ4n) is 3.42. The van der Waals surface area contributed by atoms with Gasteiger partial charge < -0.3 is 15.0 Å². The Kier molecular flexibility index (Phi) is 3.41. The minimum atomic E-state index is -3.01. The monoisotopic (exact) mass is 350 g/mol. The number of imidazole rings is 1. The van der Waals surface area contributed by atoms with Crippen LogP contribution >= 0.6 is 0 Å². The van der Waals surface area contributed by atoms with Gasteiger partial charge in [0, 0.05) is 12.2 Å². The van der Waals surface area contributed by atoms with Crippen LogP contribution in [0, 0.1) is 0 Å². The average molecular weight is 350 g/mol. The van der Waals surface area contributed by atoms with Crippen molar-refractivity contribution in [3.05, 3.63) is 18.2 Å². The first kappa shape index (κ1) is 15.3. The SMILES string of the molecule is Nc1nc2cc(N3CCCOC3=O)ccc2n1C1CCS(=O)(=O)C1. The molecule has 24 heavy (non-hydrogen) atoms. The molecule has 1 amide bonds. The number of amides is 1. The number of aromatic nitrogens is 2. The maximum Gasteiger partial charge on any atom is 0.414 e. The number of cyclic esters (lactones) is 1. The average Bonchev–Trinajstić information content (AvgIpc) is 3.05. The number of benzene rings is 1. The Labute approximate surface area is 139 Å². The van der Waals surface area contributed by atoms with Crippen LogP contribution in [-0.4, -0.2) is 48.7 Å². The number of anilines is 2. The number of sulfone groups is 1. The third-order valence-electron chi connectivity index (χ3n) is 4.56. The lowest BCUT2D eigenvalue weighted by Gasteiger charge is -2.26. The molecular weight excluding hydrogens is 332 g/mol. The van der Waals surface area contributed by atoms with Gasteiger partial charge in [-0.2, -0.15) is 0 Å². The molecule has 0 spiro atoms. The molecular formula is C15H18N4O4S. The smallest absolute Gasteiger partial charge is 0.414 e. The Bertz CT molecular complexity index is 921. The molecule has 1 atom stereocenters. The van der Waals surface area contributed by atoms with E-state index in [4.69, 9.17) is 10.5 Å². The van der Waals surface area contributed by atoms with E-state index in [1.807, 2.05) is 12.1 Å². The molecule has 3 heterocycles. The zero-order valence-corrected chi connectivity index (χ0v) is 13.8. The van der Waals surface area contributed by atoms with Crippen LogP contribution in [0.5, 0.6) is 0 Å². The fourth-order valence-corrected chi connectivity index (χ4v) is 5.12. The predicted molar refractivity (Wildman–Crippen MR) is 89.8 cm³/mol. The van der Waals surface area contributed by atoms with Crippen LogP contribution in [0.2, 0.25) is 0 Å². The van der Waals surface area contributed by atoms with E-state index in [2.05, 4.69) is 4.98 Å². The first-order valence-corrected chi connectivity index (χ1v) is 9.69. The summed E-state index contributed by atoms with van der Waals surface area (Å²) >= 11 is 0. The van der Waals surface area contributed by atoms with Crippen molar-refractivity contribution in [1.82, 2.24) is 9.55 Å². The van der Waals surface area contributed by atoms with Gasteiger partial charge in [0.1, 0.15) is 0 Å². The number of nitrogen functional groups attached to an aromatic ring is 1. The van der Waals surface area contributed by atoms with Crippen LogP contribution < -0.4 is 10.6 Å². The lowest BCUT2D eigenvalue weighted by atomic mass is 10.2. The molecule has 2 aromatic rings. The van der Waals surface area contributed by atoms with E-state index in [0.29, 0.717) is 36.7 Å². The number of hydrogen-bond donors (Lipinski definition) is 1. The summed E-state index contributed by atoms with van der Waals surface area (Å²) in [5, 5.41) is 0. The van der Waals surface area contributed by atoms with E-state index in [-0.39, 0.29) is 23.6 Å². The molecule has 2 aliphatic heterocycles. The molecule has 8 nitrogen and oxygen atoms in total. The minimum absolute atomic E-state index is 0.0862. The summed E-state index contributed by atoms with van der Waals surface area (Å²) in [4.78, 5) is 17.8. The number of ether oxygens (including phenoxy) is 1. The van der Waals surface area contributed by atoms with Gasteiger partial charge in [0.25, 0.3) is 0 Å². The van der Waals surface area contributed by atoms with E-state index in [9.17, 15) is 13.2 Å². The van der Waals surface area contributed by atoms with E-state index in [0.717, 1.165) is 11.9 Å². The molecule has 0 radical (unpaired) electrons. The van der Waals surface area contributed by atoms with E-state index < -0.39 is 9.84 Å². The third kappa shape index (κ3) is 2.48. The third-order valence-corrected chi connectivity index (χ3v) is 6.31. The van der Waals surface area contributed by atoms with Crippen molar-refractivity contribution in [3.63, 3.8) is 0 Å². The molecule has 0 saturated carbocycles. The van der Waals surface area contributed by atoms with Gasteiger partial charge in [-0.25, -0.2) is 18.2 Å². The number of nitrogens with zero attached hydrogens (tertiary/aromatic N) is 3. The Balaban J connectivity index is 1.73. The van der Waals surface area contributed by atoms with Gasteiger partial charge in [0.2, 0.25) is 5.95 Å². The highest BCUT2D eigenvalue weighted by molar-refractivity contribution is 7.91. The second-order valence-corrected chi connectivity index (χ2v) is 8.42. The van der Waals surface area contributed by atoms with Gasteiger partial charge in [-0.15, -0.1) is 0 Å². The lowest BCUT2D eigenvalue weighted by molar-refractivity contribution is 0.140. The molecule has 2 aliphatic rings. The molecule has 0 bridgehead atoms. The number of rotatable bonds is 2. The number of carbonyl (C=O) groups is 1. The fraction of sp³-hybridized carbons (Fsp3) is 0.467. The van der Waals surface area contributed by atoms with Crippen molar-refractivity contribution < 1.29 is 17.9 Å². The minimum Gasteiger partial charge on any atom is -0.449 e. The molecule has 1 aromatic carbocycles. The standard InChI is InChI=1S/C15H18N4O4S/c16-14-17-12-8-10(18-5-1-6-23-15(18)20)2-3-13(12)19(14)11-4-7-24(21,22)9-11/h2-3,8,11H,1,4-7,9H2,(H2,16,17). The molecule has 128 valence electrons. The van der Waals surface area contributed by atoms with Crippen LogP contribution in [0.4, 0.5) is 16.4 Å². The van der Waals surface area contributed by atoms with Crippen molar-refractivity contribution >= 4 is 38.6 Å². The molecule has 9 heteroatoms. The summed E-state index contributed by atoms with van der Waals surface area (Å²) < 4.78 is 30.3. The summed E-state index contributed by atoms with van der Waals surface area (Å²) in [6.45, 7) is 1.04. The molecule has 2 N–H and O–H groups in total. The van der Waals surface area contributed by atoms with Crippen molar-refractivity contribution in [3.8, 4) is 0 Å². The maximum absolute atomic E-state index is 11.9. The molecule has 0 aliphatic carbocycles. The largest absolute Gasteiger partial charge is 0.449 e. The summed E-state index contributed by atoms with van der Waals surface area (Å²) in [5.41, 5.74) is 8.16. The zero-order chi connectivity index (χ0) is 16.9. The Hall–Kier alpha value is -2.29. The molecule has 1 unspecified atom stereocenters. The molecule has 4 rings (SSSR count). The van der Waals surface area contributed by atoms with Crippen LogP contribution in [0.1, 0.15) is 18.9 Å². The number of hydrogen-bond acceptors (Lipinski definition) is 6. The number of fused-ring (bicyclic) bond motifs is 1. The highest BCUT2D eigenvalue weighted by atomic mass is 32.2. The summed E-state index contributed by atoms with van der Waals surface area (Å²) in [6, 6.07) is 5.25. The highest BCUT2D eigenvalue weighted by Crippen LogP contribution is 2.32. The summed E-state index contributed by atoms with van der Waals surface area (Å²) in [7, 11) is -3.01. The second-order valence-electron chi connectivity index (χ2n) is 6.19. The van der Waals surface area contributed by atoms with Gasteiger partial charge in [-0.05, 0) is 31.0 Å². The Morgan fingerprint density at radius 2 is 2.17 bits per heavy atom. The molecule has 2 fully saturated rings. The van der Waals surface area contributed by atoms with Crippen molar-refractivity contribution in [2.45, 2.75) is 18.9 Å². The van der Waals surface area contributed by atoms with Gasteiger partial charge >= 0.3 is 6.09 Å². The number of carbonyl (C=O) groups excluding carboxylic acids is 1. The Morgan fingerprint density at radius 1 is 1.33 bits per heavy atom. The van der Waals surface area contributed by atoms with Gasteiger partial charge in [0.05, 0.1) is 35.2 Å². The molecule has 1 aromatic heterocycles. The van der Waals surface area contributed by atoms with E-state index in [1.165, 1.54) is 0 Å². The topological polar surface area (TPSA) is 108 Å². The zero-order valence-electron chi connectivity index (χ0n) is 13.0. The van der Waals surface area contributed by atoms with Gasteiger partial charge in [0.15, 0.2) is 9.84 Å². The van der Waals surface area contributed by atoms with Gasteiger partial charge in [-0.1, -0.05) is 0 Å². The van der Waals surface area contributed by atoms with Crippen LogP contribution in [0.25, 0.3) is 11.0 Å². The van der Waals surface area contributed by atoms with Crippen LogP contribution in [0.15, 0.2) is 18.2 Å². The quantitative estimate of drug-likeness (QED) is 0.875. The molecule has 2 saturated heterocycles. The van der Waals surface area contributed by atoms with Crippen LogP contribution in [-0.2, 0) is 14.6 Å². The summed E-state index contributed by atoms with van der Waals surface area (Å²) in [5.74, 6) is 0.558. The highest BCUT2D eigenvalue weighted by Gasteiger charge is 2.31. The van der Waals surface area contributed by atoms with E-state index >= 15 is 0 Å². The first-order valence-electron chi connectivity index (χ1n) is 7.87. The maximum atomic E-state index is 11.9. The second kappa shape index (κ2) is 5.37. The normalized spacial score (nSPS) is 23.6. The van der Waals surface area contributed by atoms with E-state index in [1.54, 1.807) is 15.5 Å². The summed E-state index contributed by atoms with van der Waals surface area (Å²) in [6.07, 6.45) is 0.952. The lowest BCUT2D eigenvalue weighted by Crippen LogP contribution is -2.37. The number of nitrogens with two attached hydrogens (primary N) is 1. The Morgan fingerprint density at radius 3 is 2.88 bits per heavy atom. The van der Waals surface area contributed by atoms with Crippen molar-refractivity contribution in [2.24, 2.45) is 0 Å². The van der Waals surface area contributed by atoms with Crippen LogP contribution in [0.3, 0.4) is 0 Å². The first-order chi connectivity index (χ1) is 11.4. The van der Waals surface area contributed by atoms with Crippen molar-refractivity contribution in [1.29, 1.82) is 0 Å². The predicted octanol–water partition coefficient (Wildman–Crippen LogP) is 1.32. The van der Waals surface area contributed by atoms with Gasteiger partial charge in [-0.3, -0.25) is 4.90 Å².